The molecule has 0 amide bonds. The van der Waals surface area contributed by atoms with Gasteiger partial charge in [-0.25, -0.2) is 0 Å². The molecule has 5 nitrogen and oxygen atoms in total. The molecule has 0 atom stereocenters. The molecule has 1 rings (SSSR count). The predicted octanol–water partition coefficient (Wildman–Crippen LogP) is 2.73. The molecule has 1 aromatic carbocycles. The molecule has 0 aliphatic rings. The third kappa shape index (κ3) is 3.81. The zero-order valence-electron chi connectivity index (χ0n) is 10.3. The van der Waals surface area contributed by atoms with Gasteiger partial charge in [0.15, 0.2) is 0 Å². The van der Waals surface area contributed by atoms with Crippen LogP contribution < -0.4 is 0 Å². The molecule has 18 heavy (non-hydrogen) atoms. The average Bonchev–Trinajstić information content (AvgIpc) is 2.38. The van der Waals surface area contributed by atoms with Gasteiger partial charge in [-0.15, -0.1) is 0 Å². The van der Waals surface area contributed by atoms with Crippen molar-refractivity contribution < 1.29 is 23.1 Å². The first-order valence-electron chi connectivity index (χ1n) is 5.17. The molecule has 98 valence electrons. The normalized spacial score (nSPS) is 11.0. The number of esters is 1. The second kappa shape index (κ2) is 6.50. The Labute approximate surface area is 106 Å². The molecule has 0 saturated heterocycles. The van der Waals surface area contributed by atoms with E-state index in [0.29, 0.717) is 0 Å². The van der Waals surface area contributed by atoms with E-state index in [-0.39, 0.29) is 11.9 Å². The quantitative estimate of drug-likeness (QED) is 0.452. The van der Waals surface area contributed by atoms with Crippen LogP contribution in [0.3, 0.4) is 0 Å². The van der Waals surface area contributed by atoms with Gasteiger partial charge in [-0.2, -0.15) is 0 Å². The summed E-state index contributed by atoms with van der Waals surface area (Å²) in [6, 6.07) is 9.05. The van der Waals surface area contributed by atoms with E-state index in [1.165, 1.54) is 14.2 Å². The highest BCUT2D eigenvalue weighted by Gasteiger charge is 2.29. The number of carbonyl (C=O) groups is 1. The molecule has 0 aliphatic heterocycles. The summed E-state index contributed by atoms with van der Waals surface area (Å²) in [6.45, 7) is 3.39. The van der Waals surface area contributed by atoms with Gasteiger partial charge in [0.1, 0.15) is 0 Å². The summed E-state index contributed by atoms with van der Waals surface area (Å²) in [6.07, 6.45) is 0.0628. The van der Waals surface area contributed by atoms with E-state index in [9.17, 15) is 9.36 Å². The first-order chi connectivity index (χ1) is 8.51. The Kier molecular flexibility index (Phi) is 5.28. The first-order valence-corrected chi connectivity index (χ1v) is 6.71. The number of hydrogen-bond acceptors (Lipinski definition) is 5. The van der Waals surface area contributed by atoms with Crippen molar-refractivity contribution in [2.75, 3.05) is 14.2 Å². The van der Waals surface area contributed by atoms with E-state index in [1.807, 2.05) is 18.2 Å². The summed E-state index contributed by atoms with van der Waals surface area (Å²) in [4.78, 5) is 11.6. The molecule has 0 unspecified atom stereocenters. The molecule has 0 bridgehead atoms. The highest BCUT2D eigenvalue weighted by atomic mass is 31.2. The third-order valence-corrected chi connectivity index (χ3v) is 3.87. The number of benzene rings is 1. The van der Waals surface area contributed by atoms with Gasteiger partial charge in [-0.05, 0) is 12.1 Å². The van der Waals surface area contributed by atoms with Crippen LogP contribution in [0, 0.1) is 0 Å². The second-order valence-electron chi connectivity index (χ2n) is 3.39. The molecule has 1 aromatic rings. The van der Waals surface area contributed by atoms with Crippen LogP contribution in [0.5, 0.6) is 0 Å². The van der Waals surface area contributed by atoms with Gasteiger partial charge in [-0.1, -0.05) is 30.3 Å². The minimum Gasteiger partial charge on any atom is -0.418 e. The van der Waals surface area contributed by atoms with Crippen molar-refractivity contribution in [3.05, 3.63) is 48.0 Å². The lowest BCUT2D eigenvalue weighted by atomic mass is 10.2. The van der Waals surface area contributed by atoms with E-state index in [0.717, 1.165) is 5.56 Å². The molecule has 0 saturated carbocycles. The van der Waals surface area contributed by atoms with Crippen LogP contribution in [-0.4, -0.2) is 20.2 Å². The first kappa shape index (κ1) is 14.6. The topological polar surface area (TPSA) is 61.8 Å². The lowest BCUT2D eigenvalue weighted by molar-refractivity contribution is -0.138. The predicted molar refractivity (Wildman–Crippen MR) is 67.0 cm³/mol. The molecule has 0 heterocycles. The maximum Gasteiger partial charge on any atom is 0.395 e. The van der Waals surface area contributed by atoms with Crippen LogP contribution in [0.15, 0.2) is 42.4 Å². The van der Waals surface area contributed by atoms with Gasteiger partial charge in [0.05, 0.1) is 6.42 Å². The van der Waals surface area contributed by atoms with Gasteiger partial charge in [0.25, 0.3) is 0 Å². The Morgan fingerprint density at radius 2 is 1.78 bits per heavy atom. The Bertz CT molecular complexity index is 461. The van der Waals surface area contributed by atoms with Crippen molar-refractivity contribution in [1.29, 1.82) is 0 Å². The molecule has 0 N–H and O–H groups in total. The van der Waals surface area contributed by atoms with Gasteiger partial charge < -0.3 is 13.8 Å². The van der Waals surface area contributed by atoms with Crippen LogP contribution in [0.2, 0.25) is 0 Å². The highest BCUT2D eigenvalue weighted by molar-refractivity contribution is 7.58. The molecule has 0 fully saturated rings. The van der Waals surface area contributed by atoms with Crippen molar-refractivity contribution in [1.82, 2.24) is 0 Å². The summed E-state index contributed by atoms with van der Waals surface area (Å²) in [5.41, 5.74) is 0.480. The number of ether oxygens (including phenoxy) is 1. The van der Waals surface area contributed by atoms with Crippen LogP contribution in [0.4, 0.5) is 0 Å². The fourth-order valence-electron chi connectivity index (χ4n) is 1.26. The molecule has 6 heteroatoms. The van der Waals surface area contributed by atoms with E-state index in [1.54, 1.807) is 12.1 Å². The fourth-order valence-corrected chi connectivity index (χ4v) is 2.03. The Morgan fingerprint density at radius 1 is 1.22 bits per heavy atom. The molecular formula is C12H15O5P. The van der Waals surface area contributed by atoms with E-state index < -0.39 is 13.6 Å². The van der Waals surface area contributed by atoms with Crippen molar-refractivity contribution in [3.8, 4) is 0 Å². The Balaban J connectivity index is 2.61. The molecule has 0 aliphatic carbocycles. The van der Waals surface area contributed by atoms with Crippen molar-refractivity contribution in [2.24, 2.45) is 0 Å². The van der Waals surface area contributed by atoms with Crippen LogP contribution in [0.25, 0.3) is 0 Å². The molecule has 0 aromatic heterocycles. The zero-order valence-corrected chi connectivity index (χ0v) is 11.2. The molecule has 0 spiro atoms. The third-order valence-electron chi connectivity index (χ3n) is 2.21. The fraction of sp³-hybridized carbons (Fsp3) is 0.250. The minimum absolute atomic E-state index is 0.0628. The van der Waals surface area contributed by atoms with Crippen molar-refractivity contribution in [2.45, 2.75) is 6.42 Å². The summed E-state index contributed by atoms with van der Waals surface area (Å²) in [5, 5.41) is 0. The number of rotatable bonds is 6. The maximum absolute atomic E-state index is 11.8. The highest BCUT2D eigenvalue weighted by Crippen LogP contribution is 2.54. The molecule has 0 radical (unpaired) electrons. The SMILES string of the molecule is C=C(OC(=O)Cc1ccccc1)P(=O)(OC)OC. The standard InChI is InChI=1S/C12H15O5P/c1-10(18(14,15-2)16-3)17-12(13)9-11-7-5-4-6-8-11/h4-8H,1,9H2,2-3H3. The van der Waals surface area contributed by atoms with E-state index in [4.69, 9.17) is 4.74 Å². The largest absolute Gasteiger partial charge is 0.418 e. The van der Waals surface area contributed by atoms with Crippen LogP contribution in [-0.2, 0) is 29.6 Å². The second-order valence-corrected chi connectivity index (χ2v) is 5.62. The van der Waals surface area contributed by atoms with Gasteiger partial charge >= 0.3 is 13.6 Å². The lowest BCUT2D eigenvalue weighted by Crippen LogP contribution is -2.08. The summed E-state index contributed by atoms with van der Waals surface area (Å²) < 4.78 is 26.0. The zero-order chi connectivity index (χ0) is 13.6. The van der Waals surface area contributed by atoms with Gasteiger partial charge in [0.2, 0.25) is 5.50 Å². The smallest absolute Gasteiger partial charge is 0.395 e. The van der Waals surface area contributed by atoms with E-state index in [2.05, 4.69) is 15.6 Å². The lowest BCUT2D eigenvalue weighted by Gasteiger charge is -2.15. The summed E-state index contributed by atoms with van der Waals surface area (Å²) in [5.74, 6) is -0.569. The van der Waals surface area contributed by atoms with Crippen LogP contribution in [0.1, 0.15) is 5.56 Å². The monoisotopic (exact) mass is 270 g/mol. The maximum atomic E-state index is 11.8. The van der Waals surface area contributed by atoms with E-state index >= 15 is 0 Å². The number of hydrogen-bond donors (Lipinski definition) is 0. The van der Waals surface area contributed by atoms with Gasteiger partial charge in [-0.3, -0.25) is 9.36 Å². The minimum atomic E-state index is -3.57. The van der Waals surface area contributed by atoms with Crippen LogP contribution >= 0.6 is 7.60 Å². The van der Waals surface area contributed by atoms with Gasteiger partial charge in [0, 0.05) is 14.2 Å². The summed E-state index contributed by atoms with van der Waals surface area (Å²) in [7, 11) is -1.18. The average molecular weight is 270 g/mol. The molecular weight excluding hydrogens is 255 g/mol. The number of carbonyl (C=O) groups excluding carboxylic acids is 1. The Hall–Kier alpha value is -1.42. The van der Waals surface area contributed by atoms with Crippen molar-refractivity contribution in [3.63, 3.8) is 0 Å². The summed E-state index contributed by atoms with van der Waals surface area (Å²) >= 11 is 0. The Morgan fingerprint density at radius 3 is 2.28 bits per heavy atom. The van der Waals surface area contributed by atoms with Crippen molar-refractivity contribution >= 4 is 13.6 Å².